The fourth-order valence-corrected chi connectivity index (χ4v) is 2.22. The highest BCUT2D eigenvalue weighted by molar-refractivity contribution is 5.79. The fourth-order valence-electron chi connectivity index (χ4n) is 2.22. The van der Waals surface area contributed by atoms with Gasteiger partial charge in [-0.05, 0) is 45.1 Å². The Labute approximate surface area is 164 Å². The molecule has 0 spiro atoms. The van der Waals surface area contributed by atoms with E-state index in [1.165, 1.54) is 0 Å². The van der Waals surface area contributed by atoms with Crippen LogP contribution in [0.3, 0.4) is 0 Å². The van der Waals surface area contributed by atoms with Crippen LogP contribution in [0.2, 0.25) is 0 Å². The van der Waals surface area contributed by atoms with Crippen molar-refractivity contribution in [1.82, 2.24) is 15.5 Å². The summed E-state index contributed by atoms with van der Waals surface area (Å²) in [4.78, 5) is 6.75. The molecule has 1 aromatic carbocycles. The Morgan fingerprint density at radius 3 is 2.70 bits per heavy atom. The molecule has 0 aromatic heterocycles. The van der Waals surface area contributed by atoms with Crippen molar-refractivity contribution in [2.45, 2.75) is 19.9 Å². The van der Waals surface area contributed by atoms with Gasteiger partial charge >= 0.3 is 0 Å². The molecule has 0 saturated heterocycles. The molecule has 0 unspecified atom stereocenters. The monoisotopic (exact) mass is 380 g/mol. The summed E-state index contributed by atoms with van der Waals surface area (Å²) in [5, 5.41) is 6.60. The van der Waals surface area contributed by atoms with Crippen LogP contribution < -0.4 is 15.4 Å². The van der Waals surface area contributed by atoms with Crippen molar-refractivity contribution in [2.75, 3.05) is 67.3 Å². The molecule has 27 heavy (non-hydrogen) atoms. The maximum absolute atomic E-state index is 5.79. The summed E-state index contributed by atoms with van der Waals surface area (Å²) in [6.07, 6.45) is 0.920. The van der Waals surface area contributed by atoms with E-state index < -0.39 is 0 Å². The number of ether oxygens (including phenoxy) is 3. The molecule has 7 heteroatoms. The predicted octanol–water partition coefficient (Wildman–Crippen LogP) is 1.74. The number of methoxy groups -OCH3 is 1. The van der Waals surface area contributed by atoms with E-state index in [-0.39, 0.29) is 0 Å². The second-order valence-corrected chi connectivity index (χ2v) is 6.38. The van der Waals surface area contributed by atoms with Crippen LogP contribution >= 0.6 is 0 Å². The van der Waals surface area contributed by atoms with E-state index in [0.29, 0.717) is 33.0 Å². The molecule has 154 valence electrons. The quantitative estimate of drug-likeness (QED) is 0.291. The SMILES string of the molecule is CCNC(=NCc1cccc(OCCN(C)C)c1)NCCCOCCOC. The number of hydrogen-bond donors (Lipinski definition) is 2. The molecule has 0 aliphatic rings. The van der Waals surface area contributed by atoms with Crippen molar-refractivity contribution < 1.29 is 14.2 Å². The fraction of sp³-hybridized carbons (Fsp3) is 0.650. The number of benzene rings is 1. The molecule has 0 radical (unpaired) electrons. The van der Waals surface area contributed by atoms with Gasteiger partial charge in [-0.3, -0.25) is 0 Å². The van der Waals surface area contributed by atoms with Gasteiger partial charge in [-0.15, -0.1) is 0 Å². The molecule has 0 aliphatic heterocycles. The predicted molar refractivity (Wildman–Crippen MR) is 111 cm³/mol. The minimum absolute atomic E-state index is 0.602. The first-order valence-electron chi connectivity index (χ1n) is 9.61. The number of guanidine groups is 1. The minimum Gasteiger partial charge on any atom is -0.492 e. The Balaban J connectivity index is 2.40. The number of rotatable bonds is 14. The third kappa shape index (κ3) is 12.2. The second-order valence-electron chi connectivity index (χ2n) is 6.38. The highest BCUT2D eigenvalue weighted by Gasteiger charge is 2.00. The molecule has 0 saturated carbocycles. The van der Waals surface area contributed by atoms with Crippen LogP contribution in [0.5, 0.6) is 5.75 Å². The summed E-state index contributed by atoms with van der Waals surface area (Å²) < 4.78 is 16.2. The summed E-state index contributed by atoms with van der Waals surface area (Å²) in [7, 11) is 5.75. The van der Waals surface area contributed by atoms with Gasteiger partial charge in [0.15, 0.2) is 5.96 Å². The van der Waals surface area contributed by atoms with Gasteiger partial charge in [-0.25, -0.2) is 4.99 Å². The molecular formula is C20H36N4O3. The average Bonchev–Trinajstić information content (AvgIpc) is 2.65. The number of nitrogens with one attached hydrogen (secondary N) is 2. The molecule has 0 fully saturated rings. The van der Waals surface area contributed by atoms with Crippen LogP contribution in [-0.4, -0.2) is 78.1 Å². The van der Waals surface area contributed by atoms with Gasteiger partial charge in [-0.1, -0.05) is 12.1 Å². The van der Waals surface area contributed by atoms with E-state index in [2.05, 4.69) is 33.5 Å². The van der Waals surface area contributed by atoms with Crippen LogP contribution in [0, 0.1) is 0 Å². The van der Waals surface area contributed by atoms with Crippen molar-refractivity contribution in [3.05, 3.63) is 29.8 Å². The number of aliphatic imine (C=N–C) groups is 1. The summed E-state index contributed by atoms with van der Waals surface area (Å²) in [6, 6.07) is 8.10. The number of nitrogens with zero attached hydrogens (tertiary/aromatic N) is 2. The van der Waals surface area contributed by atoms with Crippen LogP contribution in [0.15, 0.2) is 29.3 Å². The number of hydrogen-bond acceptors (Lipinski definition) is 5. The van der Waals surface area contributed by atoms with E-state index >= 15 is 0 Å². The lowest BCUT2D eigenvalue weighted by Gasteiger charge is -2.12. The maximum Gasteiger partial charge on any atom is 0.191 e. The van der Waals surface area contributed by atoms with Crippen molar-refractivity contribution in [3.8, 4) is 5.75 Å². The van der Waals surface area contributed by atoms with Crippen LogP contribution in [0.1, 0.15) is 18.9 Å². The summed E-state index contributed by atoms with van der Waals surface area (Å²) in [5.41, 5.74) is 1.12. The van der Waals surface area contributed by atoms with Crippen LogP contribution in [0.4, 0.5) is 0 Å². The van der Waals surface area contributed by atoms with E-state index in [1.54, 1.807) is 7.11 Å². The first-order valence-corrected chi connectivity index (χ1v) is 9.61. The van der Waals surface area contributed by atoms with Crippen molar-refractivity contribution >= 4 is 5.96 Å². The Hall–Kier alpha value is -1.83. The molecule has 1 rings (SSSR count). The molecule has 0 amide bonds. The van der Waals surface area contributed by atoms with Gasteiger partial charge in [0.1, 0.15) is 12.4 Å². The topological polar surface area (TPSA) is 67.4 Å². The van der Waals surface area contributed by atoms with E-state index in [0.717, 1.165) is 43.3 Å². The molecule has 0 aliphatic carbocycles. The van der Waals surface area contributed by atoms with Gasteiger partial charge in [0.25, 0.3) is 0 Å². The lowest BCUT2D eigenvalue weighted by molar-refractivity contribution is 0.0698. The Morgan fingerprint density at radius 1 is 1.11 bits per heavy atom. The van der Waals surface area contributed by atoms with Crippen LogP contribution in [0.25, 0.3) is 0 Å². The zero-order valence-corrected chi connectivity index (χ0v) is 17.3. The highest BCUT2D eigenvalue weighted by atomic mass is 16.5. The Bertz CT molecular complexity index is 524. The van der Waals surface area contributed by atoms with Gasteiger partial charge in [0.2, 0.25) is 0 Å². The van der Waals surface area contributed by atoms with Crippen molar-refractivity contribution in [2.24, 2.45) is 4.99 Å². The summed E-state index contributed by atoms with van der Waals surface area (Å²) >= 11 is 0. The lowest BCUT2D eigenvalue weighted by Crippen LogP contribution is -2.38. The first-order chi connectivity index (χ1) is 13.2. The highest BCUT2D eigenvalue weighted by Crippen LogP contribution is 2.14. The van der Waals surface area contributed by atoms with Gasteiger partial charge in [0.05, 0.1) is 19.8 Å². The molecule has 0 heterocycles. The van der Waals surface area contributed by atoms with E-state index in [9.17, 15) is 0 Å². The first kappa shape index (κ1) is 23.2. The maximum atomic E-state index is 5.79. The lowest BCUT2D eigenvalue weighted by atomic mass is 10.2. The zero-order chi connectivity index (χ0) is 19.7. The van der Waals surface area contributed by atoms with Gasteiger partial charge in [0, 0.05) is 33.4 Å². The molecule has 0 bridgehead atoms. The number of likely N-dealkylation sites (N-methyl/N-ethyl adjacent to an activating group) is 1. The molecule has 1 aromatic rings. The second kappa shape index (κ2) is 15.2. The standard InChI is InChI=1S/C20H36N4O3/c1-5-21-20(22-10-7-12-26-15-14-25-4)23-17-18-8-6-9-19(16-18)27-13-11-24(2)3/h6,8-9,16H,5,7,10-15,17H2,1-4H3,(H2,21,22,23). The van der Waals surface area contributed by atoms with Crippen LogP contribution in [-0.2, 0) is 16.0 Å². The minimum atomic E-state index is 0.602. The van der Waals surface area contributed by atoms with E-state index in [4.69, 9.17) is 14.2 Å². The Morgan fingerprint density at radius 2 is 1.96 bits per heavy atom. The van der Waals surface area contributed by atoms with E-state index in [1.807, 2.05) is 32.3 Å². The molecular weight excluding hydrogens is 344 g/mol. The van der Waals surface area contributed by atoms with Crippen molar-refractivity contribution in [1.29, 1.82) is 0 Å². The zero-order valence-electron chi connectivity index (χ0n) is 17.3. The molecule has 0 atom stereocenters. The van der Waals surface area contributed by atoms with Gasteiger partial charge < -0.3 is 29.7 Å². The largest absolute Gasteiger partial charge is 0.492 e. The summed E-state index contributed by atoms with van der Waals surface area (Å²) in [5.74, 6) is 1.70. The third-order valence-electron chi connectivity index (χ3n) is 3.66. The molecule has 7 nitrogen and oxygen atoms in total. The normalized spacial score (nSPS) is 11.7. The molecule has 2 N–H and O–H groups in total. The van der Waals surface area contributed by atoms with Gasteiger partial charge in [-0.2, -0.15) is 0 Å². The third-order valence-corrected chi connectivity index (χ3v) is 3.66. The summed E-state index contributed by atoms with van der Waals surface area (Å²) in [6.45, 7) is 7.85. The Kier molecular flexibility index (Phi) is 13.1. The smallest absolute Gasteiger partial charge is 0.191 e. The average molecular weight is 381 g/mol. The van der Waals surface area contributed by atoms with Crippen molar-refractivity contribution in [3.63, 3.8) is 0 Å².